The summed E-state index contributed by atoms with van der Waals surface area (Å²) in [5, 5.41) is 3.41. The van der Waals surface area contributed by atoms with E-state index in [1.54, 1.807) is 32.3 Å². The molecule has 6 heteroatoms. The van der Waals surface area contributed by atoms with Crippen LogP contribution in [0.25, 0.3) is 0 Å². The fourth-order valence-electron chi connectivity index (χ4n) is 1.07. The number of hydrogen-bond donors (Lipinski definition) is 2. The molecule has 0 aliphatic carbocycles. The quantitative estimate of drug-likeness (QED) is 0.228. The van der Waals surface area contributed by atoms with E-state index in [9.17, 15) is 4.79 Å². The summed E-state index contributed by atoms with van der Waals surface area (Å²) in [6, 6.07) is 4.82. The molecule has 0 saturated carbocycles. The van der Waals surface area contributed by atoms with Crippen LogP contribution in [-0.2, 0) is 0 Å². The van der Waals surface area contributed by atoms with Gasteiger partial charge < -0.3 is 16.5 Å². The van der Waals surface area contributed by atoms with E-state index < -0.39 is 0 Å². The molecule has 0 fully saturated rings. The highest BCUT2D eigenvalue weighted by atomic mass is 16.1. The predicted octanol–water partition coefficient (Wildman–Crippen LogP) is -0.320. The minimum absolute atomic E-state index is 0.133. The van der Waals surface area contributed by atoms with E-state index in [1.807, 2.05) is 0 Å². The molecule has 0 bridgehead atoms. The largest absolute Gasteiger partial charge is 0.384 e. The van der Waals surface area contributed by atoms with Crippen LogP contribution in [0.3, 0.4) is 0 Å². The summed E-state index contributed by atoms with van der Waals surface area (Å²) < 4.78 is 0. The first-order valence-electron chi connectivity index (χ1n) is 4.28. The van der Waals surface area contributed by atoms with Gasteiger partial charge in [-0.05, 0) is 12.1 Å². The van der Waals surface area contributed by atoms with Gasteiger partial charge in [-0.25, -0.2) is 4.98 Å². The summed E-state index contributed by atoms with van der Waals surface area (Å²) in [6.45, 7) is 0. The summed E-state index contributed by atoms with van der Waals surface area (Å²) in [4.78, 5) is 17.2. The van der Waals surface area contributed by atoms with Crippen molar-refractivity contribution >= 4 is 17.4 Å². The van der Waals surface area contributed by atoms with E-state index in [1.165, 1.54) is 4.90 Å². The lowest BCUT2D eigenvalue weighted by Gasteiger charge is -2.12. The standard InChI is InChI=1S/C9H13N5O/c1-14(2)9(13-11)8(15)6-4-3-5-7(10)12-6/h3-5H,11H2,1-2H3,(H2,10,12)/b13-9+. The van der Waals surface area contributed by atoms with E-state index in [0.29, 0.717) is 0 Å². The monoisotopic (exact) mass is 207 g/mol. The van der Waals surface area contributed by atoms with Crippen LogP contribution in [0.1, 0.15) is 10.5 Å². The summed E-state index contributed by atoms with van der Waals surface area (Å²) in [5.74, 6) is 5.18. The first kappa shape index (κ1) is 11.0. The Bertz CT molecular complexity index is 399. The van der Waals surface area contributed by atoms with E-state index in [2.05, 4.69) is 10.1 Å². The summed E-state index contributed by atoms with van der Waals surface area (Å²) >= 11 is 0. The Kier molecular flexibility index (Phi) is 3.22. The molecule has 1 aromatic heterocycles. The van der Waals surface area contributed by atoms with Crippen molar-refractivity contribution in [2.45, 2.75) is 0 Å². The van der Waals surface area contributed by atoms with Crippen LogP contribution in [0.15, 0.2) is 23.3 Å². The van der Waals surface area contributed by atoms with Crippen molar-refractivity contribution in [3.05, 3.63) is 23.9 Å². The third-order valence-electron chi connectivity index (χ3n) is 1.75. The van der Waals surface area contributed by atoms with Crippen LogP contribution < -0.4 is 11.6 Å². The zero-order valence-electron chi connectivity index (χ0n) is 8.64. The van der Waals surface area contributed by atoms with E-state index in [0.717, 1.165) is 0 Å². The fourth-order valence-corrected chi connectivity index (χ4v) is 1.07. The number of aromatic nitrogens is 1. The van der Waals surface area contributed by atoms with Crippen LogP contribution >= 0.6 is 0 Å². The summed E-state index contributed by atoms with van der Waals surface area (Å²) in [7, 11) is 3.35. The minimum Gasteiger partial charge on any atom is -0.384 e. The number of hydrogen-bond acceptors (Lipinski definition) is 5. The fraction of sp³-hybridized carbons (Fsp3) is 0.222. The van der Waals surface area contributed by atoms with Crippen molar-refractivity contribution in [3.63, 3.8) is 0 Å². The Hall–Kier alpha value is -2.11. The zero-order valence-corrected chi connectivity index (χ0v) is 8.64. The molecule has 15 heavy (non-hydrogen) atoms. The van der Waals surface area contributed by atoms with E-state index in [-0.39, 0.29) is 23.1 Å². The maximum atomic E-state index is 11.8. The molecular weight excluding hydrogens is 194 g/mol. The van der Waals surface area contributed by atoms with Crippen molar-refractivity contribution in [2.24, 2.45) is 10.9 Å². The van der Waals surface area contributed by atoms with Crippen molar-refractivity contribution in [2.75, 3.05) is 19.8 Å². The number of nitrogens with zero attached hydrogens (tertiary/aromatic N) is 3. The second-order valence-electron chi connectivity index (χ2n) is 3.12. The molecule has 1 heterocycles. The van der Waals surface area contributed by atoms with Gasteiger partial charge in [0.05, 0.1) is 0 Å². The van der Waals surface area contributed by atoms with Gasteiger partial charge in [0.25, 0.3) is 0 Å². The molecule has 1 aromatic rings. The Balaban J connectivity index is 3.04. The molecule has 0 aliphatic heterocycles. The lowest BCUT2D eigenvalue weighted by atomic mass is 10.2. The number of Topliss-reactive ketones (excluding diaryl/α,β-unsaturated/α-hetero) is 1. The Labute approximate surface area is 87.6 Å². The van der Waals surface area contributed by atoms with Crippen molar-refractivity contribution in [1.29, 1.82) is 0 Å². The maximum absolute atomic E-state index is 11.8. The number of carbonyl (C=O) groups is 1. The second-order valence-corrected chi connectivity index (χ2v) is 3.12. The Morgan fingerprint density at radius 2 is 2.13 bits per heavy atom. The van der Waals surface area contributed by atoms with E-state index >= 15 is 0 Å². The minimum atomic E-state index is -0.352. The van der Waals surface area contributed by atoms with Crippen LogP contribution in [-0.4, -0.2) is 35.6 Å². The van der Waals surface area contributed by atoms with Crippen molar-refractivity contribution in [3.8, 4) is 0 Å². The first-order chi connectivity index (χ1) is 7.06. The molecule has 0 spiro atoms. The topological polar surface area (TPSA) is 97.6 Å². The normalized spacial score (nSPS) is 11.2. The molecule has 1 rings (SSSR count). The molecular formula is C9H13N5O. The number of hydrazone groups is 1. The van der Waals surface area contributed by atoms with Gasteiger partial charge in [-0.2, -0.15) is 5.10 Å². The SMILES string of the molecule is CN(C)/C(=N/N)C(=O)c1cccc(N)n1. The highest BCUT2D eigenvalue weighted by molar-refractivity contribution is 6.44. The number of pyridine rings is 1. The lowest BCUT2D eigenvalue weighted by Crippen LogP contribution is -2.32. The molecule has 0 unspecified atom stereocenters. The second kappa shape index (κ2) is 4.41. The van der Waals surface area contributed by atoms with Gasteiger partial charge in [-0.1, -0.05) is 6.07 Å². The van der Waals surface area contributed by atoms with Gasteiger partial charge in [0.1, 0.15) is 11.5 Å². The molecule has 0 radical (unpaired) electrons. The van der Waals surface area contributed by atoms with Crippen LogP contribution in [0.2, 0.25) is 0 Å². The molecule has 0 atom stereocenters. The number of carbonyl (C=O) groups excluding carboxylic acids is 1. The van der Waals surface area contributed by atoms with Crippen LogP contribution in [0, 0.1) is 0 Å². The molecule has 80 valence electrons. The van der Waals surface area contributed by atoms with E-state index in [4.69, 9.17) is 11.6 Å². The molecule has 0 amide bonds. The van der Waals surface area contributed by atoms with Gasteiger partial charge in [-0.3, -0.25) is 4.79 Å². The number of amidine groups is 1. The highest BCUT2D eigenvalue weighted by Gasteiger charge is 2.17. The van der Waals surface area contributed by atoms with Crippen LogP contribution in [0.5, 0.6) is 0 Å². The van der Waals surface area contributed by atoms with Crippen molar-refractivity contribution < 1.29 is 4.79 Å². The van der Waals surface area contributed by atoms with Gasteiger partial charge in [-0.15, -0.1) is 0 Å². The summed E-state index contributed by atoms with van der Waals surface area (Å²) in [5.41, 5.74) is 5.70. The smallest absolute Gasteiger partial charge is 0.248 e. The van der Waals surface area contributed by atoms with Crippen molar-refractivity contribution in [1.82, 2.24) is 9.88 Å². The van der Waals surface area contributed by atoms with Crippen LogP contribution in [0.4, 0.5) is 5.82 Å². The lowest BCUT2D eigenvalue weighted by molar-refractivity contribution is 0.105. The molecule has 0 aromatic carbocycles. The van der Waals surface area contributed by atoms with Gasteiger partial charge in [0.2, 0.25) is 5.78 Å². The average molecular weight is 207 g/mol. The third kappa shape index (κ3) is 2.43. The number of rotatable bonds is 2. The highest BCUT2D eigenvalue weighted by Crippen LogP contribution is 2.03. The first-order valence-corrected chi connectivity index (χ1v) is 4.28. The molecule has 4 N–H and O–H groups in total. The van der Waals surface area contributed by atoms with Gasteiger partial charge in [0, 0.05) is 14.1 Å². The predicted molar refractivity (Wildman–Crippen MR) is 58.3 cm³/mol. The average Bonchev–Trinajstić information content (AvgIpc) is 2.18. The Morgan fingerprint density at radius 1 is 1.47 bits per heavy atom. The number of nitrogens with two attached hydrogens (primary N) is 2. The maximum Gasteiger partial charge on any atom is 0.248 e. The molecule has 0 aliphatic rings. The number of ketones is 1. The number of nitrogen functional groups attached to an aromatic ring is 1. The van der Waals surface area contributed by atoms with Gasteiger partial charge in [0.15, 0.2) is 5.84 Å². The Morgan fingerprint density at radius 3 is 2.60 bits per heavy atom. The number of likely N-dealkylation sites (N-methyl/N-ethyl adjacent to an activating group) is 1. The number of anilines is 1. The molecule has 6 nitrogen and oxygen atoms in total. The zero-order chi connectivity index (χ0) is 11.4. The third-order valence-corrected chi connectivity index (χ3v) is 1.75. The molecule has 0 saturated heterocycles. The summed E-state index contributed by atoms with van der Waals surface area (Å²) in [6.07, 6.45) is 0. The van der Waals surface area contributed by atoms with Gasteiger partial charge >= 0.3 is 0 Å².